The van der Waals surface area contributed by atoms with Crippen LogP contribution in [0.1, 0.15) is 73.2 Å². The zero-order chi connectivity index (χ0) is 48.4. The molecule has 0 fully saturated rings. The van der Waals surface area contributed by atoms with E-state index in [9.17, 15) is 9.59 Å². The van der Waals surface area contributed by atoms with Crippen molar-refractivity contribution in [3.63, 3.8) is 0 Å². The zero-order valence-electron chi connectivity index (χ0n) is 39.2. The van der Waals surface area contributed by atoms with Gasteiger partial charge in [0.2, 0.25) is 33.1 Å². The minimum Gasteiger partial charge on any atom is -0.481 e. The van der Waals surface area contributed by atoms with Crippen molar-refractivity contribution in [2.75, 3.05) is 46.9 Å². The first-order valence-electron chi connectivity index (χ1n) is 22.9. The molecule has 3 N–H and O–H groups in total. The van der Waals surface area contributed by atoms with Crippen LogP contribution in [0.5, 0.6) is 46.0 Å². The summed E-state index contributed by atoms with van der Waals surface area (Å²) in [6.45, 7) is 9.61. The molecule has 0 saturated carbocycles. The SMILES string of the molecule is Cc1cc(C(C)(C)CNCCCc2ccc3c(c2)OCO3)nc(-n2ccnc2)n1.O=C(O)CCc1ccc2c(c1)OCO2.O=CCCc1ccc2c(c1)OCO2.OCCCc1ccc2c(c1)OCO2. The van der Waals surface area contributed by atoms with E-state index in [2.05, 4.69) is 47.3 Å². The molecule has 69 heavy (non-hydrogen) atoms. The number of aryl methyl sites for hydroxylation is 5. The monoisotopic (exact) mass is 945 g/mol. The van der Waals surface area contributed by atoms with E-state index in [0.29, 0.717) is 44.9 Å². The molecule has 17 heteroatoms. The number of carbonyl (C=O) groups is 2. The van der Waals surface area contributed by atoms with Crippen LogP contribution >= 0.6 is 0 Å². The quantitative estimate of drug-likeness (QED) is 0.0598. The number of ether oxygens (including phenoxy) is 8. The van der Waals surface area contributed by atoms with Crippen molar-refractivity contribution in [2.45, 2.75) is 77.6 Å². The van der Waals surface area contributed by atoms with Crippen molar-refractivity contribution in [1.82, 2.24) is 24.8 Å². The number of aldehydes is 1. The summed E-state index contributed by atoms with van der Waals surface area (Å²) in [6, 6.07) is 25.4. The van der Waals surface area contributed by atoms with Crippen molar-refractivity contribution >= 4 is 12.3 Å². The maximum atomic E-state index is 10.4. The van der Waals surface area contributed by atoms with Crippen LogP contribution in [0.15, 0.2) is 97.6 Å². The van der Waals surface area contributed by atoms with Crippen LogP contribution in [-0.2, 0) is 40.7 Å². The third-order valence-electron chi connectivity index (χ3n) is 11.2. The van der Waals surface area contributed by atoms with Crippen LogP contribution in [-0.4, -0.2) is 88.9 Å². The number of hydrogen-bond acceptors (Lipinski definition) is 15. The van der Waals surface area contributed by atoms with E-state index >= 15 is 0 Å². The minimum atomic E-state index is -0.789. The molecular weight excluding hydrogens is 887 g/mol. The Kier molecular flexibility index (Phi) is 17.7. The van der Waals surface area contributed by atoms with Crippen molar-refractivity contribution < 1.29 is 57.7 Å². The Hall–Kier alpha value is -7.37. The number of nitrogens with zero attached hydrogens (tertiary/aromatic N) is 4. The van der Waals surface area contributed by atoms with Crippen LogP contribution in [0.4, 0.5) is 0 Å². The summed E-state index contributed by atoms with van der Waals surface area (Å²) in [5, 5.41) is 20.8. The number of carbonyl (C=O) groups excluding carboxylic acids is 1. The maximum Gasteiger partial charge on any atom is 0.303 e. The van der Waals surface area contributed by atoms with E-state index in [1.807, 2.05) is 72.3 Å². The molecular formula is C52H59N5O12. The lowest BCUT2D eigenvalue weighted by Gasteiger charge is -2.25. The van der Waals surface area contributed by atoms with Gasteiger partial charge in [0.15, 0.2) is 46.0 Å². The number of rotatable bonds is 17. The van der Waals surface area contributed by atoms with Gasteiger partial charge in [-0.2, -0.15) is 0 Å². The number of nitrogens with one attached hydrogen (secondary N) is 1. The molecule has 2 aromatic heterocycles. The van der Waals surface area contributed by atoms with Crippen molar-refractivity contribution in [1.29, 1.82) is 0 Å². The molecule has 4 aliphatic heterocycles. The van der Waals surface area contributed by atoms with Gasteiger partial charge in [-0.25, -0.2) is 15.0 Å². The maximum absolute atomic E-state index is 10.4. The van der Waals surface area contributed by atoms with E-state index in [4.69, 9.17) is 53.1 Å². The lowest BCUT2D eigenvalue weighted by Crippen LogP contribution is -2.34. The predicted molar refractivity (Wildman–Crippen MR) is 254 cm³/mol. The lowest BCUT2D eigenvalue weighted by atomic mass is 9.88. The summed E-state index contributed by atoms with van der Waals surface area (Å²) in [5.74, 6) is 6.18. The highest BCUT2D eigenvalue weighted by Gasteiger charge is 2.24. The number of aromatic nitrogens is 4. The third kappa shape index (κ3) is 14.6. The fraction of sp³-hybridized carbons (Fsp3) is 0.365. The summed E-state index contributed by atoms with van der Waals surface area (Å²) in [5.41, 5.74) is 6.38. The highest BCUT2D eigenvalue weighted by Crippen LogP contribution is 2.35. The second-order valence-electron chi connectivity index (χ2n) is 17.0. The Labute approximate surface area is 401 Å². The Morgan fingerprint density at radius 2 is 1.14 bits per heavy atom. The van der Waals surface area contributed by atoms with Crippen molar-refractivity contribution in [2.24, 2.45) is 0 Å². The van der Waals surface area contributed by atoms with E-state index in [1.54, 1.807) is 18.6 Å². The topological polar surface area (TPSA) is 204 Å². The number of aliphatic hydroxyl groups excluding tert-OH is 1. The number of aliphatic carboxylic acids is 1. The van der Waals surface area contributed by atoms with Gasteiger partial charge in [0.1, 0.15) is 12.6 Å². The third-order valence-corrected chi connectivity index (χ3v) is 11.2. The molecule has 4 aromatic carbocycles. The summed E-state index contributed by atoms with van der Waals surface area (Å²) in [4.78, 5) is 33.9. The Morgan fingerprint density at radius 3 is 1.61 bits per heavy atom. The fourth-order valence-electron chi connectivity index (χ4n) is 7.45. The summed E-state index contributed by atoms with van der Waals surface area (Å²) < 4.78 is 43.8. The Morgan fingerprint density at radius 1 is 0.667 bits per heavy atom. The molecule has 10 rings (SSSR count). The summed E-state index contributed by atoms with van der Waals surface area (Å²) in [7, 11) is 0. The molecule has 6 heterocycles. The second kappa shape index (κ2) is 24.6. The van der Waals surface area contributed by atoms with Crippen LogP contribution in [0, 0.1) is 6.92 Å². The van der Waals surface area contributed by atoms with Crippen LogP contribution in [0.3, 0.4) is 0 Å². The average molecular weight is 946 g/mol. The fourth-order valence-corrected chi connectivity index (χ4v) is 7.45. The largest absolute Gasteiger partial charge is 0.481 e. The van der Waals surface area contributed by atoms with E-state index in [0.717, 1.165) is 114 Å². The molecule has 0 bridgehead atoms. The number of benzene rings is 4. The van der Waals surface area contributed by atoms with Crippen LogP contribution in [0.25, 0.3) is 5.95 Å². The van der Waals surface area contributed by atoms with E-state index < -0.39 is 5.97 Å². The van der Waals surface area contributed by atoms with Crippen molar-refractivity contribution in [3.05, 3.63) is 131 Å². The van der Waals surface area contributed by atoms with Gasteiger partial charge in [0, 0.05) is 49.5 Å². The number of aliphatic hydroxyl groups is 1. The molecule has 4 aliphatic rings. The molecule has 0 radical (unpaired) electrons. The van der Waals surface area contributed by atoms with Gasteiger partial charge >= 0.3 is 5.97 Å². The molecule has 0 aliphatic carbocycles. The van der Waals surface area contributed by atoms with Gasteiger partial charge in [-0.1, -0.05) is 38.1 Å². The number of carboxylic acids is 1. The van der Waals surface area contributed by atoms with Gasteiger partial charge < -0.3 is 58.2 Å². The van der Waals surface area contributed by atoms with E-state index in [-0.39, 0.29) is 25.2 Å². The predicted octanol–water partition coefficient (Wildman–Crippen LogP) is 7.52. The molecule has 0 unspecified atom stereocenters. The lowest BCUT2D eigenvalue weighted by molar-refractivity contribution is -0.137. The summed E-state index contributed by atoms with van der Waals surface area (Å²) in [6.07, 6.45) is 11.9. The zero-order valence-corrected chi connectivity index (χ0v) is 39.2. The molecule has 17 nitrogen and oxygen atoms in total. The van der Waals surface area contributed by atoms with E-state index in [1.165, 1.54) is 11.1 Å². The van der Waals surface area contributed by atoms with Gasteiger partial charge in [0.25, 0.3) is 0 Å². The minimum absolute atomic E-state index is 0.109. The van der Waals surface area contributed by atoms with Crippen LogP contribution < -0.4 is 43.2 Å². The van der Waals surface area contributed by atoms with Gasteiger partial charge in [-0.15, -0.1) is 0 Å². The first kappa shape index (κ1) is 49.5. The van der Waals surface area contributed by atoms with Gasteiger partial charge in [0.05, 0.1) is 5.69 Å². The number of fused-ring (bicyclic) bond motifs is 4. The molecule has 364 valence electrons. The molecule has 0 atom stereocenters. The molecule has 6 aromatic rings. The highest BCUT2D eigenvalue weighted by atomic mass is 16.7. The highest BCUT2D eigenvalue weighted by molar-refractivity contribution is 5.67. The average Bonchev–Trinajstić information content (AvgIpc) is 4.22. The normalized spacial score (nSPS) is 13.0. The Balaban J connectivity index is 0.000000147. The molecule has 0 spiro atoms. The van der Waals surface area contributed by atoms with Crippen LogP contribution in [0.2, 0.25) is 0 Å². The Bertz CT molecular complexity index is 2620. The summed E-state index contributed by atoms with van der Waals surface area (Å²) >= 11 is 0. The van der Waals surface area contributed by atoms with Gasteiger partial charge in [-0.3, -0.25) is 9.36 Å². The first-order valence-corrected chi connectivity index (χ1v) is 22.9. The van der Waals surface area contributed by atoms with Crippen molar-refractivity contribution in [3.8, 4) is 51.9 Å². The smallest absolute Gasteiger partial charge is 0.303 e. The number of carboxylic acid groups (broad SMARTS) is 1. The standard InChI is InChI=1S/C22H27N5O2.C10H10O4.C10H12O3.C10H10O3/c1-16-11-20(26-21(25-16)27-10-9-24-14-27)22(2,3)13-23-8-4-5-17-6-7-18-19(12-17)29-15-28-18;11-10(12)4-2-7-1-3-8-9(5-7)14-6-13-8;2*11-5-1-2-8-3-4-9-10(6-8)13-7-12-9/h6-7,9-12,14,23H,4-5,8,13,15H2,1-3H3;1,3,5H,2,4,6H2,(H,11,12);3-4,6,11H,1-2,5,7H2;3-6H,1-2,7H2. The molecule has 0 amide bonds. The first-order chi connectivity index (χ1) is 33.6. The number of imidazole rings is 1. The second-order valence-corrected chi connectivity index (χ2v) is 17.0. The number of hydrogen-bond donors (Lipinski definition) is 3. The molecule has 0 saturated heterocycles. The van der Waals surface area contributed by atoms with Gasteiger partial charge in [-0.05, 0) is 129 Å².